The molecule has 3 N–H and O–H groups in total. The number of rotatable bonds is 4. The minimum atomic E-state index is -1.06. The van der Waals surface area contributed by atoms with E-state index in [-0.39, 0.29) is 10.2 Å². The molecule has 3 heterocycles. The molecule has 10 heteroatoms. The number of nitrogens with zero attached hydrogens (tertiary/aromatic N) is 4. The van der Waals surface area contributed by atoms with Crippen molar-refractivity contribution in [3.05, 3.63) is 40.3 Å². The predicted octanol–water partition coefficient (Wildman–Crippen LogP) is 5.78. The number of nitrogens with two attached hydrogens (primary N) is 1. The first-order chi connectivity index (χ1) is 17.0. The number of halogens is 2. The maximum absolute atomic E-state index is 12.8. The van der Waals surface area contributed by atoms with Crippen molar-refractivity contribution < 1.29 is 4.55 Å². The molecule has 1 spiro atoms. The van der Waals surface area contributed by atoms with Crippen LogP contribution in [0.3, 0.4) is 0 Å². The van der Waals surface area contributed by atoms with Crippen LogP contribution < -0.4 is 15.4 Å². The highest BCUT2D eigenvalue weighted by molar-refractivity contribution is 7.90. The Morgan fingerprint density at radius 2 is 1.89 bits per heavy atom. The number of hydrogen-bond donors (Lipinski definition) is 2. The Labute approximate surface area is 226 Å². The third-order valence-electron chi connectivity index (χ3n) is 7.85. The summed E-state index contributed by atoms with van der Waals surface area (Å²) in [5.41, 5.74) is 9.84. The lowest BCUT2D eigenvalue weighted by Crippen LogP contribution is -2.53. The second kappa shape index (κ2) is 9.55. The van der Waals surface area contributed by atoms with Gasteiger partial charge in [0.2, 0.25) is 5.95 Å². The van der Waals surface area contributed by atoms with Gasteiger partial charge in [-0.15, -0.1) is 4.72 Å². The van der Waals surface area contributed by atoms with Crippen LogP contribution in [0.2, 0.25) is 10.0 Å². The van der Waals surface area contributed by atoms with Crippen LogP contribution in [-0.2, 0) is 11.4 Å². The van der Waals surface area contributed by atoms with Gasteiger partial charge in [0.1, 0.15) is 10.4 Å². The Hall–Kier alpha value is -1.71. The first kappa shape index (κ1) is 25.9. The van der Waals surface area contributed by atoms with Crippen LogP contribution in [0.15, 0.2) is 24.5 Å². The van der Waals surface area contributed by atoms with E-state index in [0.717, 1.165) is 60.8 Å². The minimum absolute atomic E-state index is 0.189. The molecule has 1 saturated heterocycles. The summed E-state index contributed by atoms with van der Waals surface area (Å²) in [4.78, 5) is 12.0. The zero-order valence-corrected chi connectivity index (χ0v) is 23.6. The topological polar surface area (TPSA) is 94.5 Å². The third-order valence-corrected chi connectivity index (χ3v) is 10.4. The van der Waals surface area contributed by atoms with Gasteiger partial charge in [-0.25, -0.2) is 9.97 Å². The number of benzene rings is 1. The summed E-state index contributed by atoms with van der Waals surface area (Å²) >= 11 is 11.9. The van der Waals surface area contributed by atoms with Crippen LogP contribution in [-0.4, -0.2) is 42.8 Å². The molecule has 1 aliphatic heterocycles. The molecule has 3 aromatic rings. The van der Waals surface area contributed by atoms with Crippen molar-refractivity contribution in [3.63, 3.8) is 0 Å². The van der Waals surface area contributed by atoms with E-state index >= 15 is 0 Å². The monoisotopic (exact) mass is 548 g/mol. The summed E-state index contributed by atoms with van der Waals surface area (Å²) < 4.78 is 18.1. The van der Waals surface area contributed by atoms with Crippen LogP contribution in [0.1, 0.15) is 58.6 Å². The van der Waals surface area contributed by atoms with Crippen LogP contribution in [0.4, 0.5) is 11.6 Å². The van der Waals surface area contributed by atoms with Crippen molar-refractivity contribution >= 4 is 51.8 Å². The number of anilines is 2. The number of hydrogen-bond acceptors (Lipinski definition) is 6. The maximum atomic E-state index is 12.8. The largest absolute Gasteiger partial charge is 0.598 e. The van der Waals surface area contributed by atoms with E-state index in [4.69, 9.17) is 33.9 Å². The number of imidazole rings is 1. The van der Waals surface area contributed by atoms with Crippen LogP contribution >= 0.6 is 23.2 Å². The molecule has 36 heavy (non-hydrogen) atoms. The molecule has 1 saturated carbocycles. The van der Waals surface area contributed by atoms with Crippen molar-refractivity contribution in [1.82, 2.24) is 19.1 Å². The molecular weight excluding hydrogens is 515 g/mol. The van der Waals surface area contributed by atoms with E-state index in [0.29, 0.717) is 21.8 Å². The van der Waals surface area contributed by atoms with Crippen molar-refractivity contribution in [1.29, 1.82) is 0 Å². The smallest absolute Gasteiger partial charge is 0.211 e. The molecule has 1 aromatic carbocycles. The average Bonchev–Trinajstić information content (AvgIpc) is 3.46. The number of piperidine rings is 1. The quantitative estimate of drug-likeness (QED) is 0.316. The summed E-state index contributed by atoms with van der Waals surface area (Å²) in [6, 6.07) is 3.93. The van der Waals surface area contributed by atoms with Gasteiger partial charge in [0, 0.05) is 48.0 Å². The van der Waals surface area contributed by atoms with E-state index < -0.39 is 11.4 Å². The van der Waals surface area contributed by atoms with Gasteiger partial charge in [-0.1, -0.05) is 35.7 Å². The van der Waals surface area contributed by atoms with E-state index in [9.17, 15) is 4.55 Å². The molecule has 5 rings (SSSR count). The van der Waals surface area contributed by atoms with Gasteiger partial charge >= 0.3 is 0 Å². The summed E-state index contributed by atoms with van der Waals surface area (Å²) in [7, 11) is 0. The van der Waals surface area contributed by atoms with Crippen molar-refractivity contribution in [2.24, 2.45) is 5.41 Å². The molecule has 2 aliphatic rings. The fourth-order valence-electron chi connectivity index (χ4n) is 5.75. The second-order valence-electron chi connectivity index (χ2n) is 11.1. The summed E-state index contributed by atoms with van der Waals surface area (Å²) in [6.07, 6.45) is 9.28. The van der Waals surface area contributed by atoms with Gasteiger partial charge in [-0.3, -0.25) is 4.40 Å². The summed E-state index contributed by atoms with van der Waals surface area (Å²) in [5.74, 6) is 0.886. The fraction of sp³-hybridized carbons (Fsp3) is 0.538. The predicted molar refractivity (Wildman–Crippen MR) is 150 cm³/mol. The lowest BCUT2D eigenvalue weighted by atomic mass is 9.74. The number of nitrogen functional groups attached to an aromatic ring is 1. The Bertz CT molecular complexity index is 1280. The van der Waals surface area contributed by atoms with Crippen LogP contribution in [0, 0.1) is 12.3 Å². The lowest BCUT2D eigenvalue weighted by Gasteiger charge is -2.44. The molecule has 194 valence electrons. The van der Waals surface area contributed by atoms with Crippen LogP contribution in [0.5, 0.6) is 0 Å². The molecule has 2 atom stereocenters. The highest BCUT2D eigenvalue weighted by Gasteiger charge is 2.48. The van der Waals surface area contributed by atoms with Crippen molar-refractivity contribution in [3.8, 4) is 11.1 Å². The molecular formula is C26H34Cl2N6OS. The third kappa shape index (κ3) is 4.45. The van der Waals surface area contributed by atoms with Gasteiger partial charge in [0.05, 0.1) is 27.5 Å². The zero-order chi connectivity index (χ0) is 25.8. The number of aryl methyl sites for hydroxylation is 1. The Morgan fingerprint density at radius 1 is 1.17 bits per heavy atom. The van der Waals surface area contributed by atoms with Crippen molar-refractivity contribution in [2.45, 2.75) is 70.6 Å². The molecule has 1 unspecified atom stereocenters. The Kier molecular flexibility index (Phi) is 6.88. The van der Waals surface area contributed by atoms with E-state index in [1.165, 1.54) is 12.8 Å². The molecule has 7 nitrogen and oxygen atoms in total. The number of aromatic nitrogens is 3. The number of nitrogens with one attached hydrogen (secondary N) is 1. The van der Waals surface area contributed by atoms with Crippen molar-refractivity contribution in [2.75, 3.05) is 23.7 Å². The first-order valence-corrected chi connectivity index (χ1v) is 14.4. The lowest BCUT2D eigenvalue weighted by molar-refractivity contribution is 0.186. The standard InChI is InChI=1S/C26H34Cl2N6OS/c1-16-20(17-7-8-18(29)22(28)21(17)27)23-30-12-15-34(23)24(31-16)33-13-10-26(11-14-33)9-5-6-19(26)32-36(35)25(2,3)4/h7-8,12,15,19,32H,5-6,9-11,13-14,29H2,1-4H3/t19-,36?/m1/s1. The summed E-state index contributed by atoms with van der Waals surface area (Å²) in [6.45, 7) is 9.86. The first-order valence-electron chi connectivity index (χ1n) is 12.5. The number of fused-ring (bicyclic) bond motifs is 1. The van der Waals surface area contributed by atoms with E-state index in [1.54, 1.807) is 12.3 Å². The normalized spacial score (nSPS) is 21.0. The molecule has 0 amide bonds. The Balaban J connectivity index is 1.42. The fourth-order valence-corrected chi connectivity index (χ4v) is 7.16. The summed E-state index contributed by atoms with van der Waals surface area (Å²) in [5, 5.41) is 0.752. The minimum Gasteiger partial charge on any atom is -0.598 e. The van der Waals surface area contributed by atoms with E-state index in [2.05, 4.69) is 14.6 Å². The molecule has 2 fully saturated rings. The highest BCUT2D eigenvalue weighted by Crippen LogP contribution is 2.48. The van der Waals surface area contributed by atoms with E-state index in [1.807, 2.05) is 44.4 Å². The molecule has 0 bridgehead atoms. The SMILES string of the molecule is Cc1nc(N2CCC3(CCC[C@H]3N[S+]([O-])C(C)(C)C)CC2)n2ccnc2c1-c1ccc(N)c(Cl)c1Cl. The van der Waals surface area contributed by atoms with Gasteiger partial charge in [-0.05, 0) is 64.9 Å². The van der Waals surface area contributed by atoms with Gasteiger partial charge < -0.3 is 15.2 Å². The molecule has 2 aromatic heterocycles. The van der Waals surface area contributed by atoms with Crippen LogP contribution in [0.25, 0.3) is 16.8 Å². The average molecular weight is 550 g/mol. The van der Waals surface area contributed by atoms with Gasteiger partial charge in [0.15, 0.2) is 0 Å². The Morgan fingerprint density at radius 3 is 2.58 bits per heavy atom. The van der Waals surface area contributed by atoms with Gasteiger partial charge in [-0.2, -0.15) is 0 Å². The molecule has 0 radical (unpaired) electrons. The second-order valence-corrected chi connectivity index (χ2v) is 13.9. The highest BCUT2D eigenvalue weighted by atomic mass is 35.5. The zero-order valence-electron chi connectivity index (χ0n) is 21.3. The van der Waals surface area contributed by atoms with Gasteiger partial charge in [0.25, 0.3) is 0 Å². The molecule has 1 aliphatic carbocycles. The maximum Gasteiger partial charge on any atom is 0.211 e.